The largest absolute Gasteiger partial charge is 0.509 e. The molecule has 0 saturated carbocycles. The Morgan fingerprint density at radius 1 is 0.321 bits per heavy atom. The third-order valence-corrected chi connectivity index (χ3v) is 12.8. The van der Waals surface area contributed by atoms with Crippen LogP contribution in [0.1, 0.15) is 0 Å². The average molecular weight is 732 g/mol. The Morgan fingerprint density at radius 3 is 1.36 bits per heavy atom. The van der Waals surface area contributed by atoms with Gasteiger partial charge in [0.15, 0.2) is 0 Å². The molecular weight excluding hydrogens is 697 g/mol. The zero-order valence-corrected chi connectivity index (χ0v) is 32.2. The van der Waals surface area contributed by atoms with Crippen molar-refractivity contribution in [3.63, 3.8) is 0 Å². The summed E-state index contributed by atoms with van der Waals surface area (Å²) >= 11 is 1.85. The first-order chi connectivity index (χ1) is 27.4. The van der Waals surface area contributed by atoms with Gasteiger partial charge in [0.2, 0.25) is 0 Å². The highest BCUT2D eigenvalue weighted by molar-refractivity contribution is 7.26. The molecule has 0 fully saturated rings. The number of thiophene rings is 1. The lowest BCUT2D eigenvalue weighted by Gasteiger charge is -2.22. The van der Waals surface area contributed by atoms with Gasteiger partial charge in [0.05, 0.1) is 0 Å². The third-order valence-electron chi connectivity index (χ3n) is 11.7. The van der Waals surface area contributed by atoms with Gasteiger partial charge in [0, 0.05) is 20.2 Å². The standard InChI is InChI=1S/C50H35B3O2S/c51-46-45(47(52)50(55)48(53)49(46)54)43-36-14-6-4-12-34(36)41(35-13-5-7-15-37(35)43)31-24-20-30(21-25-31)33-26-27-40-44(38-16-8-9-17-39(38)56-40)42(33)32-22-18-29(19-23-32)28-10-2-1-3-11-28/h1-27,54-55H,51-53H2. The molecule has 0 aliphatic carbocycles. The maximum Gasteiger partial charge on any atom is 0.149 e. The predicted octanol–water partition coefficient (Wildman–Crippen LogP) is 8.88. The minimum atomic E-state index is 0.135. The summed E-state index contributed by atoms with van der Waals surface area (Å²) in [6.45, 7) is 0. The third kappa shape index (κ3) is 5.28. The van der Waals surface area contributed by atoms with Gasteiger partial charge < -0.3 is 10.2 Å². The van der Waals surface area contributed by atoms with E-state index in [1.165, 1.54) is 53.6 Å². The van der Waals surface area contributed by atoms with Crippen LogP contribution in [0.3, 0.4) is 0 Å². The minimum Gasteiger partial charge on any atom is -0.509 e. The fraction of sp³-hybridized carbons (Fsp3) is 0. The highest BCUT2D eigenvalue weighted by atomic mass is 32.1. The summed E-state index contributed by atoms with van der Waals surface area (Å²) in [5, 5.41) is 29.3. The molecule has 0 spiro atoms. The van der Waals surface area contributed by atoms with Gasteiger partial charge in [0.1, 0.15) is 35.0 Å². The molecule has 0 bridgehead atoms. The van der Waals surface area contributed by atoms with Crippen LogP contribution in [0.4, 0.5) is 0 Å². The number of phenols is 2. The Kier molecular flexibility index (Phi) is 8.13. The summed E-state index contributed by atoms with van der Waals surface area (Å²) in [5.41, 5.74) is 13.5. The number of rotatable bonds is 5. The van der Waals surface area contributed by atoms with E-state index in [0.29, 0.717) is 5.46 Å². The average Bonchev–Trinajstić information content (AvgIpc) is 3.64. The second-order valence-corrected chi connectivity index (χ2v) is 15.9. The van der Waals surface area contributed by atoms with E-state index < -0.39 is 0 Å². The zero-order chi connectivity index (χ0) is 38.1. The Hall–Kier alpha value is -6.49. The van der Waals surface area contributed by atoms with Crippen LogP contribution in [0, 0.1) is 0 Å². The second-order valence-electron chi connectivity index (χ2n) is 14.8. The summed E-state index contributed by atoms with van der Waals surface area (Å²) in [5.74, 6) is 0.271. The normalized spacial score (nSPS) is 11.6. The van der Waals surface area contributed by atoms with Gasteiger partial charge in [-0.05, 0) is 106 Å². The van der Waals surface area contributed by atoms with Crippen LogP contribution >= 0.6 is 11.3 Å². The van der Waals surface area contributed by atoms with Gasteiger partial charge in [-0.1, -0.05) is 152 Å². The molecule has 0 amide bonds. The van der Waals surface area contributed by atoms with Crippen LogP contribution < -0.4 is 16.4 Å². The number of fused-ring (bicyclic) bond motifs is 5. The SMILES string of the molecule is Bc1c(O)c(B)c(-c2c3ccccc3c(-c3ccc(-c4ccc5sc6ccccc6c5c4-c4ccc(-c5ccccc5)cc4)cc3)c3ccccc23)c(B)c1O. The van der Waals surface area contributed by atoms with E-state index in [0.717, 1.165) is 54.7 Å². The quantitative estimate of drug-likeness (QED) is 0.137. The summed E-state index contributed by atoms with van der Waals surface area (Å²) in [6.07, 6.45) is 0. The summed E-state index contributed by atoms with van der Waals surface area (Å²) in [7, 11) is 5.66. The molecule has 9 aromatic carbocycles. The first-order valence-electron chi connectivity index (χ1n) is 19.1. The molecule has 2 nitrogen and oxygen atoms in total. The Labute approximate surface area is 332 Å². The highest BCUT2D eigenvalue weighted by Crippen LogP contribution is 2.47. The molecule has 1 aromatic heterocycles. The molecule has 10 rings (SSSR count). The van der Waals surface area contributed by atoms with Gasteiger partial charge in [0.25, 0.3) is 0 Å². The topological polar surface area (TPSA) is 40.5 Å². The van der Waals surface area contributed by atoms with Crippen molar-refractivity contribution in [2.75, 3.05) is 0 Å². The number of hydrogen-bond acceptors (Lipinski definition) is 3. The second kappa shape index (κ2) is 13.4. The van der Waals surface area contributed by atoms with Gasteiger partial charge >= 0.3 is 0 Å². The molecule has 0 aliphatic rings. The molecule has 0 aliphatic heterocycles. The molecule has 1 heterocycles. The lowest BCUT2D eigenvalue weighted by molar-refractivity contribution is 0.464. The summed E-state index contributed by atoms with van der Waals surface area (Å²) < 4.78 is 2.58. The number of hydrogen-bond donors (Lipinski definition) is 2. The van der Waals surface area contributed by atoms with Crippen LogP contribution in [-0.4, -0.2) is 33.8 Å². The molecule has 6 heteroatoms. The Balaban J connectivity index is 1.17. The lowest BCUT2D eigenvalue weighted by Crippen LogP contribution is -2.28. The molecule has 262 valence electrons. The van der Waals surface area contributed by atoms with E-state index in [-0.39, 0.29) is 11.5 Å². The lowest BCUT2D eigenvalue weighted by atomic mass is 9.70. The molecule has 10 aromatic rings. The van der Waals surface area contributed by atoms with Crippen LogP contribution in [0.5, 0.6) is 11.5 Å². The van der Waals surface area contributed by atoms with E-state index in [2.05, 4.69) is 164 Å². The van der Waals surface area contributed by atoms with Crippen LogP contribution in [0.15, 0.2) is 164 Å². The van der Waals surface area contributed by atoms with Gasteiger partial charge in [-0.3, -0.25) is 0 Å². The molecule has 0 radical (unpaired) electrons. The van der Waals surface area contributed by atoms with Crippen molar-refractivity contribution in [1.82, 2.24) is 0 Å². The van der Waals surface area contributed by atoms with E-state index in [4.69, 9.17) is 0 Å². The van der Waals surface area contributed by atoms with Crippen LogP contribution in [-0.2, 0) is 0 Å². The maximum atomic E-state index is 11.1. The van der Waals surface area contributed by atoms with Crippen molar-refractivity contribution in [3.8, 4) is 67.1 Å². The predicted molar refractivity (Wildman–Crippen MR) is 249 cm³/mol. The van der Waals surface area contributed by atoms with Gasteiger partial charge in [-0.25, -0.2) is 0 Å². The zero-order valence-electron chi connectivity index (χ0n) is 31.4. The van der Waals surface area contributed by atoms with Gasteiger partial charge in [-0.15, -0.1) is 11.3 Å². The Morgan fingerprint density at radius 2 is 0.768 bits per heavy atom. The fourth-order valence-corrected chi connectivity index (χ4v) is 10.0. The van der Waals surface area contributed by atoms with Crippen molar-refractivity contribution in [1.29, 1.82) is 0 Å². The van der Waals surface area contributed by atoms with Crippen molar-refractivity contribution in [2.45, 2.75) is 0 Å². The first-order valence-corrected chi connectivity index (χ1v) is 19.9. The minimum absolute atomic E-state index is 0.135. The smallest absolute Gasteiger partial charge is 0.149 e. The molecule has 56 heavy (non-hydrogen) atoms. The highest BCUT2D eigenvalue weighted by Gasteiger charge is 2.23. The summed E-state index contributed by atoms with van der Waals surface area (Å²) in [4.78, 5) is 0. The molecule has 0 atom stereocenters. The van der Waals surface area contributed by atoms with E-state index >= 15 is 0 Å². The molecule has 2 N–H and O–H groups in total. The van der Waals surface area contributed by atoms with Crippen molar-refractivity contribution in [3.05, 3.63) is 164 Å². The molecule has 0 unspecified atom stereocenters. The van der Waals surface area contributed by atoms with Crippen molar-refractivity contribution >= 4 is 93.0 Å². The van der Waals surface area contributed by atoms with E-state index in [9.17, 15) is 10.2 Å². The molecule has 0 saturated heterocycles. The number of phenolic OH excluding ortho intramolecular Hbond substituents is 2. The Bertz CT molecular complexity index is 3080. The monoisotopic (exact) mass is 732 g/mol. The van der Waals surface area contributed by atoms with Crippen molar-refractivity contribution in [2.24, 2.45) is 0 Å². The number of benzene rings is 9. The number of aromatic hydroxyl groups is 2. The van der Waals surface area contributed by atoms with E-state index in [1.54, 1.807) is 7.85 Å². The fourth-order valence-electron chi connectivity index (χ4n) is 8.91. The summed E-state index contributed by atoms with van der Waals surface area (Å²) in [6, 6.07) is 59.1. The van der Waals surface area contributed by atoms with Crippen LogP contribution in [0.25, 0.3) is 97.4 Å². The van der Waals surface area contributed by atoms with E-state index in [1.807, 2.05) is 27.0 Å². The first kappa shape index (κ1) is 34.0. The van der Waals surface area contributed by atoms with Crippen LogP contribution in [0.2, 0.25) is 0 Å². The molecular formula is C50H35B3O2S. The van der Waals surface area contributed by atoms with Gasteiger partial charge in [-0.2, -0.15) is 0 Å². The maximum absolute atomic E-state index is 11.1. The van der Waals surface area contributed by atoms with Crippen molar-refractivity contribution < 1.29 is 10.2 Å².